The predicted octanol–water partition coefficient (Wildman–Crippen LogP) is 4.26. The molecule has 2 rings (SSSR count). The van der Waals surface area contributed by atoms with Gasteiger partial charge in [0.05, 0.1) is 11.4 Å². The molecule has 0 bridgehead atoms. The molecule has 1 aromatic carbocycles. The third-order valence-electron chi connectivity index (χ3n) is 2.79. The minimum Gasteiger partial charge on any atom is -0.497 e. The van der Waals surface area contributed by atoms with E-state index in [9.17, 15) is 0 Å². The molecule has 1 aromatic heterocycles. The Bertz CT molecular complexity index is 495. The zero-order valence-electron chi connectivity index (χ0n) is 10.4. The van der Waals surface area contributed by atoms with Gasteiger partial charge in [-0.25, -0.2) is 0 Å². The van der Waals surface area contributed by atoms with Gasteiger partial charge in [-0.1, -0.05) is 23.7 Å². The molecule has 0 aliphatic rings. The standard InChI is InChI=1S/C14H16ClNOS/c1-10(13-7-8-14(15)18-13)16-9-11-3-5-12(17-2)6-4-11/h3-8,10,16H,9H2,1-2H3. The number of hydrogen-bond acceptors (Lipinski definition) is 3. The molecule has 0 aliphatic carbocycles. The van der Waals surface area contributed by atoms with Crippen LogP contribution in [0.4, 0.5) is 0 Å². The van der Waals surface area contributed by atoms with Crippen LogP contribution in [0, 0.1) is 0 Å². The number of hydrogen-bond donors (Lipinski definition) is 1. The van der Waals surface area contributed by atoms with Gasteiger partial charge in [-0.05, 0) is 36.8 Å². The van der Waals surface area contributed by atoms with Crippen LogP contribution < -0.4 is 10.1 Å². The van der Waals surface area contributed by atoms with E-state index in [1.54, 1.807) is 18.4 Å². The van der Waals surface area contributed by atoms with E-state index in [2.05, 4.69) is 30.4 Å². The van der Waals surface area contributed by atoms with Gasteiger partial charge in [0.1, 0.15) is 5.75 Å². The van der Waals surface area contributed by atoms with E-state index >= 15 is 0 Å². The topological polar surface area (TPSA) is 21.3 Å². The van der Waals surface area contributed by atoms with E-state index < -0.39 is 0 Å². The van der Waals surface area contributed by atoms with Crippen molar-refractivity contribution in [2.45, 2.75) is 19.5 Å². The van der Waals surface area contributed by atoms with E-state index in [4.69, 9.17) is 16.3 Å². The quantitative estimate of drug-likeness (QED) is 0.884. The number of thiophene rings is 1. The van der Waals surface area contributed by atoms with Gasteiger partial charge in [-0.2, -0.15) is 0 Å². The highest BCUT2D eigenvalue weighted by Gasteiger charge is 2.07. The zero-order valence-corrected chi connectivity index (χ0v) is 12.0. The van der Waals surface area contributed by atoms with E-state index in [1.807, 2.05) is 18.2 Å². The molecule has 18 heavy (non-hydrogen) atoms. The van der Waals surface area contributed by atoms with E-state index in [1.165, 1.54) is 10.4 Å². The highest BCUT2D eigenvalue weighted by molar-refractivity contribution is 7.16. The van der Waals surface area contributed by atoms with Crippen molar-refractivity contribution in [1.82, 2.24) is 5.32 Å². The van der Waals surface area contributed by atoms with Crippen molar-refractivity contribution in [3.63, 3.8) is 0 Å². The number of rotatable bonds is 5. The molecule has 4 heteroatoms. The van der Waals surface area contributed by atoms with Crippen molar-refractivity contribution < 1.29 is 4.74 Å². The Balaban J connectivity index is 1.90. The Morgan fingerprint density at radius 2 is 1.94 bits per heavy atom. The summed E-state index contributed by atoms with van der Waals surface area (Å²) in [6.45, 7) is 2.98. The lowest BCUT2D eigenvalue weighted by molar-refractivity contribution is 0.414. The maximum atomic E-state index is 5.93. The van der Waals surface area contributed by atoms with Crippen molar-refractivity contribution in [3.05, 3.63) is 51.2 Å². The van der Waals surface area contributed by atoms with Gasteiger partial charge in [-0.3, -0.25) is 0 Å². The smallest absolute Gasteiger partial charge is 0.118 e. The van der Waals surface area contributed by atoms with Crippen molar-refractivity contribution in [2.75, 3.05) is 7.11 Å². The Hall–Kier alpha value is -1.03. The summed E-state index contributed by atoms with van der Waals surface area (Å²) < 4.78 is 5.97. The molecule has 1 N–H and O–H groups in total. The van der Waals surface area contributed by atoms with Gasteiger partial charge in [0, 0.05) is 17.5 Å². The molecule has 0 aliphatic heterocycles. The predicted molar refractivity (Wildman–Crippen MR) is 77.6 cm³/mol. The average molecular weight is 282 g/mol. The molecular weight excluding hydrogens is 266 g/mol. The lowest BCUT2D eigenvalue weighted by atomic mass is 10.2. The molecular formula is C14H16ClNOS. The number of nitrogens with one attached hydrogen (secondary N) is 1. The average Bonchev–Trinajstić information content (AvgIpc) is 2.83. The van der Waals surface area contributed by atoms with Crippen LogP contribution in [0.2, 0.25) is 4.34 Å². The molecule has 2 nitrogen and oxygen atoms in total. The van der Waals surface area contributed by atoms with E-state index in [-0.39, 0.29) is 0 Å². The molecule has 1 atom stereocenters. The third-order valence-corrected chi connectivity index (χ3v) is 4.21. The maximum Gasteiger partial charge on any atom is 0.118 e. The van der Waals surface area contributed by atoms with Gasteiger partial charge in [0.25, 0.3) is 0 Å². The normalized spacial score (nSPS) is 12.4. The summed E-state index contributed by atoms with van der Waals surface area (Å²) in [5.41, 5.74) is 1.24. The first-order chi connectivity index (χ1) is 8.69. The minimum absolute atomic E-state index is 0.310. The molecule has 0 spiro atoms. The molecule has 1 heterocycles. The number of halogens is 1. The largest absolute Gasteiger partial charge is 0.497 e. The van der Waals surface area contributed by atoms with E-state index in [0.29, 0.717) is 6.04 Å². The monoisotopic (exact) mass is 281 g/mol. The van der Waals surface area contributed by atoms with Crippen LogP contribution in [-0.4, -0.2) is 7.11 Å². The highest BCUT2D eigenvalue weighted by Crippen LogP contribution is 2.26. The van der Waals surface area contributed by atoms with Crippen LogP contribution in [0.15, 0.2) is 36.4 Å². The van der Waals surface area contributed by atoms with Crippen LogP contribution in [-0.2, 0) is 6.54 Å². The van der Waals surface area contributed by atoms with Crippen molar-refractivity contribution >= 4 is 22.9 Å². The SMILES string of the molecule is COc1ccc(CNC(C)c2ccc(Cl)s2)cc1. The van der Waals surface area contributed by atoms with Crippen LogP contribution in [0.5, 0.6) is 5.75 Å². The van der Waals surface area contributed by atoms with E-state index in [0.717, 1.165) is 16.6 Å². The number of ether oxygens (including phenoxy) is 1. The molecule has 1 unspecified atom stereocenters. The Labute approximate surface area is 117 Å². The molecule has 0 saturated carbocycles. The van der Waals surface area contributed by atoms with Gasteiger partial charge in [-0.15, -0.1) is 11.3 Å². The van der Waals surface area contributed by atoms with Crippen molar-refractivity contribution in [2.24, 2.45) is 0 Å². The lowest BCUT2D eigenvalue weighted by Crippen LogP contribution is -2.16. The fraction of sp³-hybridized carbons (Fsp3) is 0.286. The lowest BCUT2D eigenvalue weighted by Gasteiger charge is -2.12. The Morgan fingerprint density at radius 3 is 2.50 bits per heavy atom. The zero-order chi connectivity index (χ0) is 13.0. The second-order valence-electron chi connectivity index (χ2n) is 4.09. The summed E-state index contributed by atoms with van der Waals surface area (Å²) in [4.78, 5) is 1.26. The highest BCUT2D eigenvalue weighted by atomic mass is 35.5. The van der Waals surface area contributed by atoms with Crippen LogP contribution in [0.1, 0.15) is 23.4 Å². The maximum absolute atomic E-state index is 5.93. The van der Waals surface area contributed by atoms with Crippen LogP contribution >= 0.6 is 22.9 Å². The number of methoxy groups -OCH3 is 1. The summed E-state index contributed by atoms with van der Waals surface area (Å²) >= 11 is 7.55. The summed E-state index contributed by atoms with van der Waals surface area (Å²) in [5, 5.41) is 3.48. The van der Waals surface area contributed by atoms with Gasteiger partial charge in [0.2, 0.25) is 0 Å². The van der Waals surface area contributed by atoms with Crippen molar-refractivity contribution in [1.29, 1.82) is 0 Å². The third kappa shape index (κ3) is 3.48. The summed E-state index contributed by atoms with van der Waals surface area (Å²) in [6, 6.07) is 12.4. The van der Waals surface area contributed by atoms with Crippen molar-refractivity contribution in [3.8, 4) is 5.75 Å². The second kappa shape index (κ2) is 6.23. The van der Waals surface area contributed by atoms with Gasteiger partial charge in [0.15, 0.2) is 0 Å². The first-order valence-electron chi connectivity index (χ1n) is 5.80. The Kier molecular flexibility index (Phi) is 4.64. The minimum atomic E-state index is 0.310. The summed E-state index contributed by atoms with van der Waals surface area (Å²) in [7, 11) is 1.68. The fourth-order valence-corrected chi connectivity index (χ4v) is 2.76. The Morgan fingerprint density at radius 1 is 1.22 bits per heavy atom. The first kappa shape index (κ1) is 13.4. The molecule has 0 saturated heterocycles. The molecule has 96 valence electrons. The molecule has 0 amide bonds. The van der Waals surface area contributed by atoms with Gasteiger partial charge >= 0.3 is 0 Å². The van der Waals surface area contributed by atoms with Crippen LogP contribution in [0.3, 0.4) is 0 Å². The fourth-order valence-electron chi connectivity index (χ4n) is 1.68. The number of benzene rings is 1. The summed E-state index contributed by atoms with van der Waals surface area (Å²) in [5.74, 6) is 0.886. The first-order valence-corrected chi connectivity index (χ1v) is 7.00. The molecule has 0 fully saturated rings. The molecule has 2 aromatic rings. The second-order valence-corrected chi connectivity index (χ2v) is 5.84. The summed E-state index contributed by atoms with van der Waals surface area (Å²) in [6.07, 6.45) is 0. The molecule has 0 radical (unpaired) electrons. The van der Waals surface area contributed by atoms with Gasteiger partial charge < -0.3 is 10.1 Å². The van der Waals surface area contributed by atoms with Crippen LogP contribution in [0.25, 0.3) is 0 Å².